The lowest BCUT2D eigenvalue weighted by Crippen LogP contribution is -2.41. The number of nitrogens with zero attached hydrogens (tertiary/aromatic N) is 1. The standard InChI is InChI=1S/C17H26N2OS/c20-17(18-14-7-3-1-2-4-8-14)13-19-11-5-9-15(19)16-10-6-12-21-16/h6,10,12,14-15H,1-5,7-9,11,13H2,(H,18,20). The van der Waals surface area contributed by atoms with Crippen LogP contribution in [0.4, 0.5) is 0 Å². The molecule has 116 valence electrons. The largest absolute Gasteiger partial charge is 0.352 e. The highest BCUT2D eigenvalue weighted by Gasteiger charge is 2.28. The predicted octanol–water partition coefficient (Wildman–Crippen LogP) is 3.72. The minimum Gasteiger partial charge on any atom is -0.352 e. The first-order valence-corrected chi connectivity index (χ1v) is 9.28. The third-order valence-electron chi connectivity index (χ3n) is 4.80. The van der Waals surface area contributed by atoms with Crippen molar-refractivity contribution in [2.24, 2.45) is 0 Å². The van der Waals surface area contributed by atoms with Gasteiger partial charge in [0, 0.05) is 17.0 Å². The molecule has 1 amide bonds. The van der Waals surface area contributed by atoms with Crippen molar-refractivity contribution in [1.29, 1.82) is 0 Å². The molecule has 1 saturated heterocycles. The van der Waals surface area contributed by atoms with E-state index in [1.165, 1.54) is 56.2 Å². The summed E-state index contributed by atoms with van der Waals surface area (Å²) in [5, 5.41) is 5.41. The Morgan fingerprint density at radius 2 is 2.00 bits per heavy atom. The van der Waals surface area contributed by atoms with Crippen LogP contribution in [0.5, 0.6) is 0 Å². The highest BCUT2D eigenvalue weighted by atomic mass is 32.1. The first kappa shape index (κ1) is 15.0. The molecule has 1 saturated carbocycles. The van der Waals surface area contributed by atoms with E-state index in [4.69, 9.17) is 0 Å². The average molecular weight is 306 g/mol. The highest BCUT2D eigenvalue weighted by Crippen LogP contribution is 2.34. The summed E-state index contributed by atoms with van der Waals surface area (Å²) < 4.78 is 0. The zero-order valence-electron chi connectivity index (χ0n) is 12.7. The van der Waals surface area contributed by atoms with Gasteiger partial charge in [0.2, 0.25) is 5.91 Å². The van der Waals surface area contributed by atoms with Gasteiger partial charge in [0.1, 0.15) is 0 Å². The first-order chi connectivity index (χ1) is 10.3. The van der Waals surface area contributed by atoms with Gasteiger partial charge >= 0.3 is 0 Å². The molecule has 0 spiro atoms. The van der Waals surface area contributed by atoms with Crippen LogP contribution < -0.4 is 5.32 Å². The summed E-state index contributed by atoms with van der Waals surface area (Å²) in [5.74, 6) is 0.227. The highest BCUT2D eigenvalue weighted by molar-refractivity contribution is 7.10. The van der Waals surface area contributed by atoms with Gasteiger partial charge in [0.25, 0.3) is 0 Å². The Labute approximate surface area is 131 Å². The SMILES string of the molecule is O=C(CN1CCCC1c1cccs1)NC1CCCCCC1. The van der Waals surface area contributed by atoms with Crippen LogP contribution in [0.2, 0.25) is 0 Å². The summed E-state index contributed by atoms with van der Waals surface area (Å²) in [6.07, 6.45) is 9.94. The van der Waals surface area contributed by atoms with E-state index in [-0.39, 0.29) is 5.91 Å². The zero-order chi connectivity index (χ0) is 14.5. The van der Waals surface area contributed by atoms with Gasteiger partial charge in [-0.05, 0) is 43.7 Å². The van der Waals surface area contributed by atoms with Crippen molar-refractivity contribution < 1.29 is 4.79 Å². The van der Waals surface area contributed by atoms with Gasteiger partial charge in [-0.1, -0.05) is 31.7 Å². The Morgan fingerprint density at radius 1 is 1.19 bits per heavy atom. The van der Waals surface area contributed by atoms with Gasteiger partial charge in [0.05, 0.1) is 6.54 Å². The van der Waals surface area contributed by atoms with Crippen LogP contribution in [-0.2, 0) is 4.79 Å². The minimum absolute atomic E-state index is 0.227. The molecule has 0 aromatic carbocycles. The Hall–Kier alpha value is -0.870. The fraction of sp³-hybridized carbons (Fsp3) is 0.706. The number of amides is 1. The van der Waals surface area contributed by atoms with Crippen molar-refractivity contribution in [2.45, 2.75) is 63.5 Å². The normalized spacial score (nSPS) is 24.9. The summed E-state index contributed by atoms with van der Waals surface area (Å²) in [6, 6.07) is 5.20. The van der Waals surface area contributed by atoms with Crippen molar-refractivity contribution in [3.63, 3.8) is 0 Å². The number of carbonyl (C=O) groups is 1. The van der Waals surface area contributed by atoms with E-state index < -0.39 is 0 Å². The molecule has 3 rings (SSSR count). The molecular formula is C17H26N2OS. The fourth-order valence-electron chi connectivity index (χ4n) is 3.70. The lowest BCUT2D eigenvalue weighted by Gasteiger charge is -2.24. The molecule has 1 aromatic rings. The number of hydrogen-bond acceptors (Lipinski definition) is 3. The van der Waals surface area contributed by atoms with Crippen LogP contribution in [0, 0.1) is 0 Å². The maximum atomic E-state index is 12.3. The van der Waals surface area contributed by atoms with E-state index in [0.717, 1.165) is 6.54 Å². The third-order valence-corrected chi connectivity index (χ3v) is 5.78. The number of thiophene rings is 1. The molecule has 0 bridgehead atoms. The van der Waals surface area contributed by atoms with Crippen LogP contribution in [0.1, 0.15) is 62.3 Å². The van der Waals surface area contributed by atoms with E-state index in [2.05, 4.69) is 27.7 Å². The molecule has 1 N–H and O–H groups in total. The van der Waals surface area contributed by atoms with Crippen LogP contribution in [0.25, 0.3) is 0 Å². The number of rotatable bonds is 4. The first-order valence-electron chi connectivity index (χ1n) is 8.40. The van der Waals surface area contributed by atoms with Crippen molar-refractivity contribution in [1.82, 2.24) is 10.2 Å². The lowest BCUT2D eigenvalue weighted by atomic mass is 10.1. The average Bonchev–Trinajstić information content (AvgIpc) is 3.07. The van der Waals surface area contributed by atoms with Crippen LogP contribution in [-0.4, -0.2) is 29.9 Å². The predicted molar refractivity (Wildman–Crippen MR) is 87.5 cm³/mol. The smallest absolute Gasteiger partial charge is 0.234 e. The van der Waals surface area contributed by atoms with E-state index in [1.54, 1.807) is 0 Å². The second-order valence-electron chi connectivity index (χ2n) is 6.40. The quantitative estimate of drug-likeness (QED) is 0.860. The summed E-state index contributed by atoms with van der Waals surface area (Å²) in [7, 11) is 0. The topological polar surface area (TPSA) is 32.3 Å². The molecule has 21 heavy (non-hydrogen) atoms. The molecule has 0 radical (unpaired) electrons. The Kier molecular flexibility index (Phi) is 5.31. The second-order valence-corrected chi connectivity index (χ2v) is 7.38. The van der Waals surface area contributed by atoms with E-state index in [1.807, 2.05) is 11.3 Å². The molecule has 1 unspecified atom stereocenters. The lowest BCUT2D eigenvalue weighted by molar-refractivity contribution is -0.123. The van der Waals surface area contributed by atoms with Crippen molar-refractivity contribution in [3.8, 4) is 0 Å². The van der Waals surface area contributed by atoms with Gasteiger partial charge in [-0.15, -0.1) is 11.3 Å². The Balaban J connectivity index is 1.51. The molecule has 2 aliphatic rings. The molecule has 1 atom stereocenters. The molecule has 1 aliphatic heterocycles. The summed E-state index contributed by atoms with van der Waals surface area (Å²) >= 11 is 1.82. The van der Waals surface area contributed by atoms with Crippen molar-refractivity contribution >= 4 is 17.2 Å². The number of carbonyl (C=O) groups excluding carboxylic acids is 1. The van der Waals surface area contributed by atoms with Crippen LogP contribution in [0.3, 0.4) is 0 Å². The number of hydrogen-bond donors (Lipinski definition) is 1. The zero-order valence-corrected chi connectivity index (χ0v) is 13.5. The molecular weight excluding hydrogens is 280 g/mol. The summed E-state index contributed by atoms with van der Waals surface area (Å²) in [4.78, 5) is 16.1. The van der Waals surface area contributed by atoms with E-state index in [0.29, 0.717) is 18.6 Å². The summed E-state index contributed by atoms with van der Waals surface area (Å²) in [5.41, 5.74) is 0. The van der Waals surface area contributed by atoms with Gasteiger partial charge in [0.15, 0.2) is 0 Å². The molecule has 1 aromatic heterocycles. The molecule has 2 fully saturated rings. The van der Waals surface area contributed by atoms with Crippen LogP contribution in [0.15, 0.2) is 17.5 Å². The fourth-order valence-corrected chi connectivity index (χ4v) is 4.60. The monoisotopic (exact) mass is 306 g/mol. The van der Waals surface area contributed by atoms with Gasteiger partial charge in [-0.3, -0.25) is 9.69 Å². The summed E-state index contributed by atoms with van der Waals surface area (Å²) in [6.45, 7) is 1.62. The van der Waals surface area contributed by atoms with Crippen molar-refractivity contribution in [3.05, 3.63) is 22.4 Å². The number of nitrogens with one attached hydrogen (secondary N) is 1. The minimum atomic E-state index is 0.227. The third kappa shape index (κ3) is 4.07. The van der Waals surface area contributed by atoms with E-state index >= 15 is 0 Å². The van der Waals surface area contributed by atoms with E-state index in [9.17, 15) is 4.79 Å². The maximum Gasteiger partial charge on any atom is 0.234 e. The second kappa shape index (κ2) is 7.41. The molecule has 2 heterocycles. The Bertz CT molecular complexity index is 438. The molecule has 3 nitrogen and oxygen atoms in total. The Morgan fingerprint density at radius 3 is 2.71 bits per heavy atom. The molecule has 4 heteroatoms. The van der Waals surface area contributed by atoms with Crippen molar-refractivity contribution in [2.75, 3.05) is 13.1 Å². The number of likely N-dealkylation sites (tertiary alicyclic amines) is 1. The van der Waals surface area contributed by atoms with Gasteiger partial charge in [-0.2, -0.15) is 0 Å². The van der Waals surface area contributed by atoms with Gasteiger partial charge in [-0.25, -0.2) is 0 Å². The van der Waals surface area contributed by atoms with Gasteiger partial charge < -0.3 is 5.32 Å². The van der Waals surface area contributed by atoms with Crippen LogP contribution >= 0.6 is 11.3 Å². The molecule has 1 aliphatic carbocycles. The maximum absolute atomic E-state index is 12.3.